The van der Waals surface area contributed by atoms with Crippen molar-refractivity contribution in [2.24, 2.45) is 0 Å². The SMILES string of the molecule is OCC(O)Cn1ccnc1-c1cc(Cl)ccc1Cl. The molecule has 2 rings (SSSR count). The Hall–Kier alpha value is -1.07. The lowest BCUT2D eigenvalue weighted by atomic mass is 10.2. The van der Waals surface area contributed by atoms with Gasteiger partial charge in [0, 0.05) is 23.0 Å². The highest BCUT2D eigenvalue weighted by molar-refractivity contribution is 6.35. The van der Waals surface area contributed by atoms with Crippen molar-refractivity contribution in [3.05, 3.63) is 40.6 Å². The van der Waals surface area contributed by atoms with Crippen LogP contribution >= 0.6 is 23.2 Å². The lowest BCUT2D eigenvalue weighted by Crippen LogP contribution is -2.19. The Labute approximate surface area is 114 Å². The van der Waals surface area contributed by atoms with Gasteiger partial charge in [0.15, 0.2) is 0 Å². The molecule has 0 aliphatic heterocycles. The maximum Gasteiger partial charge on any atom is 0.141 e. The number of halogens is 2. The molecule has 0 saturated carbocycles. The van der Waals surface area contributed by atoms with Crippen LogP contribution in [0.5, 0.6) is 0 Å². The van der Waals surface area contributed by atoms with Gasteiger partial charge >= 0.3 is 0 Å². The first-order valence-electron chi connectivity index (χ1n) is 5.37. The largest absolute Gasteiger partial charge is 0.394 e. The molecule has 0 spiro atoms. The van der Waals surface area contributed by atoms with Gasteiger partial charge in [0.2, 0.25) is 0 Å². The van der Waals surface area contributed by atoms with E-state index in [0.717, 1.165) is 0 Å². The number of nitrogens with zero attached hydrogens (tertiary/aromatic N) is 2. The van der Waals surface area contributed by atoms with Crippen molar-refractivity contribution in [1.29, 1.82) is 0 Å². The Balaban J connectivity index is 2.39. The maximum absolute atomic E-state index is 9.47. The normalized spacial score (nSPS) is 12.7. The summed E-state index contributed by atoms with van der Waals surface area (Å²) in [5, 5.41) is 19.4. The van der Waals surface area contributed by atoms with E-state index in [-0.39, 0.29) is 13.2 Å². The van der Waals surface area contributed by atoms with E-state index in [4.69, 9.17) is 28.3 Å². The van der Waals surface area contributed by atoms with Crippen LogP contribution in [0.1, 0.15) is 0 Å². The van der Waals surface area contributed by atoms with Gasteiger partial charge in [-0.15, -0.1) is 0 Å². The summed E-state index contributed by atoms with van der Waals surface area (Å²) in [5.41, 5.74) is 0.694. The van der Waals surface area contributed by atoms with E-state index in [1.54, 1.807) is 35.2 Å². The third kappa shape index (κ3) is 2.84. The topological polar surface area (TPSA) is 58.3 Å². The molecule has 0 aliphatic carbocycles. The van der Waals surface area contributed by atoms with Crippen LogP contribution < -0.4 is 0 Å². The number of benzene rings is 1. The first kappa shape index (κ1) is 13.4. The number of imidazole rings is 1. The summed E-state index contributed by atoms with van der Waals surface area (Å²) in [7, 11) is 0. The summed E-state index contributed by atoms with van der Waals surface area (Å²) >= 11 is 12.0. The minimum atomic E-state index is -0.837. The Kier molecular flexibility index (Phi) is 4.24. The Bertz CT molecular complexity index is 543. The van der Waals surface area contributed by atoms with Crippen LogP contribution in [0, 0.1) is 0 Å². The number of aliphatic hydroxyl groups is 2. The molecule has 1 unspecified atom stereocenters. The van der Waals surface area contributed by atoms with Crippen LogP contribution in [0.4, 0.5) is 0 Å². The average molecular weight is 287 g/mol. The molecular formula is C12H12Cl2N2O2. The lowest BCUT2D eigenvalue weighted by molar-refractivity contribution is 0.0816. The zero-order valence-electron chi connectivity index (χ0n) is 9.42. The van der Waals surface area contributed by atoms with Gasteiger partial charge in [0.05, 0.1) is 24.3 Å². The first-order valence-corrected chi connectivity index (χ1v) is 6.13. The van der Waals surface area contributed by atoms with Gasteiger partial charge in [0.1, 0.15) is 5.82 Å². The summed E-state index contributed by atoms with van der Waals surface area (Å²) in [5.74, 6) is 0.606. The Morgan fingerprint density at radius 3 is 2.83 bits per heavy atom. The monoisotopic (exact) mass is 286 g/mol. The molecule has 18 heavy (non-hydrogen) atoms. The van der Waals surface area contributed by atoms with E-state index >= 15 is 0 Å². The van der Waals surface area contributed by atoms with Crippen molar-refractivity contribution >= 4 is 23.2 Å². The molecule has 96 valence electrons. The molecule has 6 heteroatoms. The van der Waals surface area contributed by atoms with Gasteiger partial charge < -0.3 is 14.8 Å². The summed E-state index contributed by atoms with van der Waals surface area (Å²) in [6.07, 6.45) is 2.48. The van der Waals surface area contributed by atoms with Crippen LogP contribution in [0.15, 0.2) is 30.6 Å². The van der Waals surface area contributed by atoms with Crippen LogP contribution in [0.3, 0.4) is 0 Å². The highest BCUT2D eigenvalue weighted by atomic mass is 35.5. The zero-order chi connectivity index (χ0) is 13.1. The second-order valence-electron chi connectivity index (χ2n) is 3.86. The maximum atomic E-state index is 9.47. The third-order valence-corrected chi connectivity index (χ3v) is 3.07. The number of hydrogen-bond donors (Lipinski definition) is 2. The third-order valence-electron chi connectivity index (χ3n) is 2.50. The highest BCUT2D eigenvalue weighted by Gasteiger charge is 2.12. The number of aliphatic hydroxyl groups excluding tert-OH is 2. The molecule has 4 nitrogen and oxygen atoms in total. The van der Waals surface area contributed by atoms with E-state index in [2.05, 4.69) is 4.98 Å². The van der Waals surface area contributed by atoms with Crippen molar-refractivity contribution in [2.45, 2.75) is 12.6 Å². The van der Waals surface area contributed by atoms with E-state index in [9.17, 15) is 5.11 Å². The van der Waals surface area contributed by atoms with Crippen molar-refractivity contribution in [3.8, 4) is 11.4 Å². The fourth-order valence-corrected chi connectivity index (χ4v) is 2.03. The van der Waals surface area contributed by atoms with E-state index in [1.807, 2.05) is 0 Å². The van der Waals surface area contributed by atoms with E-state index < -0.39 is 6.10 Å². The highest BCUT2D eigenvalue weighted by Crippen LogP contribution is 2.29. The van der Waals surface area contributed by atoms with Gasteiger partial charge in [-0.3, -0.25) is 0 Å². The minimum Gasteiger partial charge on any atom is -0.394 e. The number of rotatable bonds is 4. The Morgan fingerprint density at radius 2 is 2.11 bits per heavy atom. The molecule has 0 radical (unpaired) electrons. The number of hydrogen-bond acceptors (Lipinski definition) is 3. The van der Waals surface area contributed by atoms with Gasteiger partial charge in [-0.2, -0.15) is 0 Å². The van der Waals surface area contributed by atoms with Crippen molar-refractivity contribution < 1.29 is 10.2 Å². The fraction of sp³-hybridized carbons (Fsp3) is 0.250. The summed E-state index contributed by atoms with van der Waals surface area (Å²) in [6.45, 7) is -0.0599. The van der Waals surface area contributed by atoms with Crippen molar-refractivity contribution in [2.75, 3.05) is 6.61 Å². The summed E-state index contributed by atoms with van der Waals surface area (Å²) < 4.78 is 1.72. The predicted octanol–water partition coefficient (Wildman–Crippen LogP) is 2.21. The molecule has 2 aromatic rings. The first-order chi connectivity index (χ1) is 8.61. The smallest absolute Gasteiger partial charge is 0.141 e. The van der Waals surface area contributed by atoms with Crippen LogP contribution in [0.25, 0.3) is 11.4 Å². The number of aromatic nitrogens is 2. The molecular weight excluding hydrogens is 275 g/mol. The molecule has 1 heterocycles. The summed E-state index contributed by atoms with van der Waals surface area (Å²) in [6, 6.07) is 5.11. The zero-order valence-corrected chi connectivity index (χ0v) is 10.9. The molecule has 0 bridgehead atoms. The van der Waals surface area contributed by atoms with E-state index in [1.165, 1.54) is 0 Å². The molecule has 0 fully saturated rings. The minimum absolute atomic E-state index is 0.245. The summed E-state index contributed by atoms with van der Waals surface area (Å²) in [4.78, 5) is 4.20. The van der Waals surface area contributed by atoms with Crippen LogP contribution in [0.2, 0.25) is 10.0 Å². The van der Waals surface area contributed by atoms with Crippen molar-refractivity contribution in [1.82, 2.24) is 9.55 Å². The Morgan fingerprint density at radius 1 is 1.33 bits per heavy atom. The van der Waals surface area contributed by atoms with Gasteiger partial charge in [-0.05, 0) is 18.2 Å². The van der Waals surface area contributed by atoms with Gasteiger partial charge in [-0.25, -0.2) is 4.98 Å². The van der Waals surface area contributed by atoms with Crippen LogP contribution in [-0.4, -0.2) is 32.5 Å². The molecule has 0 amide bonds. The second kappa shape index (κ2) is 5.71. The molecule has 1 aromatic carbocycles. The van der Waals surface area contributed by atoms with Gasteiger partial charge in [0.25, 0.3) is 0 Å². The fourth-order valence-electron chi connectivity index (χ4n) is 1.65. The predicted molar refractivity (Wildman–Crippen MR) is 70.8 cm³/mol. The van der Waals surface area contributed by atoms with Crippen LogP contribution in [-0.2, 0) is 6.54 Å². The second-order valence-corrected chi connectivity index (χ2v) is 4.71. The quantitative estimate of drug-likeness (QED) is 0.906. The van der Waals surface area contributed by atoms with Gasteiger partial charge in [-0.1, -0.05) is 23.2 Å². The molecule has 0 aliphatic rings. The lowest BCUT2D eigenvalue weighted by Gasteiger charge is -2.12. The van der Waals surface area contributed by atoms with E-state index in [0.29, 0.717) is 21.4 Å². The average Bonchev–Trinajstić information content (AvgIpc) is 2.80. The molecule has 0 saturated heterocycles. The van der Waals surface area contributed by atoms with Crippen molar-refractivity contribution in [3.63, 3.8) is 0 Å². The standard InChI is InChI=1S/C12H12Cl2N2O2/c13-8-1-2-11(14)10(5-8)12-15-3-4-16(12)6-9(18)7-17/h1-5,9,17-18H,6-7H2. The molecule has 2 N–H and O–H groups in total. The molecule has 1 atom stereocenters. The molecule has 1 aromatic heterocycles.